The fraction of sp³-hybridized carbons (Fsp3) is 0.143. The molecule has 84 valence electrons. The van der Waals surface area contributed by atoms with E-state index in [2.05, 4.69) is 4.99 Å². The zero-order valence-corrected chi connectivity index (χ0v) is 9.13. The van der Waals surface area contributed by atoms with Crippen molar-refractivity contribution >= 4 is 28.6 Å². The van der Waals surface area contributed by atoms with E-state index in [-0.39, 0.29) is 0 Å². The number of hydrogen-bond acceptors (Lipinski definition) is 2. The third kappa shape index (κ3) is 1.60. The van der Waals surface area contributed by atoms with Crippen molar-refractivity contribution in [3.63, 3.8) is 0 Å². The van der Waals surface area contributed by atoms with Crippen LogP contribution in [0.5, 0.6) is 0 Å². The Hall–Kier alpha value is -2.16. The molecule has 17 heavy (non-hydrogen) atoms. The highest BCUT2D eigenvalue weighted by Gasteiger charge is 2.22. The molecule has 0 spiro atoms. The quantitative estimate of drug-likeness (QED) is 0.811. The predicted octanol–water partition coefficient (Wildman–Crippen LogP) is 2.80. The zero-order valence-electron chi connectivity index (χ0n) is 9.13. The lowest BCUT2D eigenvalue weighted by Crippen LogP contribution is -2.20. The molecule has 1 aliphatic heterocycles. The van der Waals surface area contributed by atoms with Gasteiger partial charge in [-0.2, -0.15) is 0 Å². The number of rotatable bonds is 1. The minimum atomic E-state index is -0.813. The smallest absolute Gasteiger partial charge is 0.312 e. The van der Waals surface area contributed by atoms with E-state index in [1.54, 1.807) is 0 Å². The summed E-state index contributed by atoms with van der Waals surface area (Å²) in [5.41, 5.74) is 1.93. The van der Waals surface area contributed by atoms with Crippen molar-refractivity contribution in [3.8, 4) is 0 Å². The summed E-state index contributed by atoms with van der Waals surface area (Å²) >= 11 is 0. The van der Waals surface area contributed by atoms with Gasteiger partial charge in [0.2, 0.25) is 0 Å². The van der Waals surface area contributed by atoms with Gasteiger partial charge >= 0.3 is 5.97 Å². The first kappa shape index (κ1) is 10.0. The number of carbonyl (C=O) groups is 1. The molecule has 1 heterocycles. The van der Waals surface area contributed by atoms with Gasteiger partial charge in [-0.15, -0.1) is 0 Å². The molecule has 1 N–H and O–H groups in total. The third-order valence-electron chi connectivity index (χ3n) is 3.15. The molecule has 0 aromatic heterocycles. The summed E-state index contributed by atoms with van der Waals surface area (Å²) in [5, 5.41) is 11.3. The van der Waals surface area contributed by atoms with Crippen molar-refractivity contribution in [1.82, 2.24) is 0 Å². The van der Waals surface area contributed by atoms with Crippen molar-refractivity contribution < 1.29 is 9.90 Å². The molecule has 0 fully saturated rings. The standard InChI is InChI=1S/C14H11NO2/c16-14(17)10-7-12-11-4-2-1-3-9(11)5-6-13(12)15-8-10/h1-6,8,10H,7H2,(H,16,17). The van der Waals surface area contributed by atoms with Crippen molar-refractivity contribution in [2.45, 2.75) is 6.42 Å². The predicted molar refractivity (Wildman–Crippen MR) is 66.9 cm³/mol. The minimum Gasteiger partial charge on any atom is -0.481 e. The molecule has 3 rings (SSSR count). The highest BCUT2D eigenvalue weighted by atomic mass is 16.4. The molecule has 0 amide bonds. The van der Waals surface area contributed by atoms with Gasteiger partial charge in [-0.1, -0.05) is 30.3 Å². The number of nitrogens with zero attached hydrogens (tertiary/aromatic N) is 1. The van der Waals surface area contributed by atoms with Gasteiger partial charge in [0.1, 0.15) is 0 Å². The van der Waals surface area contributed by atoms with E-state index < -0.39 is 11.9 Å². The van der Waals surface area contributed by atoms with Crippen molar-refractivity contribution in [1.29, 1.82) is 0 Å². The third-order valence-corrected chi connectivity index (χ3v) is 3.15. The topological polar surface area (TPSA) is 49.7 Å². The van der Waals surface area contributed by atoms with Gasteiger partial charge in [-0.3, -0.25) is 9.79 Å². The number of aliphatic carboxylic acids is 1. The normalized spacial score (nSPS) is 18.0. The van der Waals surface area contributed by atoms with Crippen LogP contribution >= 0.6 is 0 Å². The fourth-order valence-corrected chi connectivity index (χ4v) is 2.25. The van der Waals surface area contributed by atoms with E-state index in [1.165, 1.54) is 6.21 Å². The maximum absolute atomic E-state index is 11.0. The molecular formula is C14H11NO2. The van der Waals surface area contributed by atoms with E-state index >= 15 is 0 Å². The van der Waals surface area contributed by atoms with Gasteiger partial charge in [-0.25, -0.2) is 0 Å². The Labute approximate surface area is 98.4 Å². The first-order valence-corrected chi connectivity index (χ1v) is 5.53. The first-order chi connectivity index (χ1) is 8.25. The first-order valence-electron chi connectivity index (χ1n) is 5.53. The fourth-order valence-electron chi connectivity index (χ4n) is 2.25. The average Bonchev–Trinajstić information content (AvgIpc) is 2.38. The molecule has 3 nitrogen and oxygen atoms in total. The summed E-state index contributed by atoms with van der Waals surface area (Å²) in [6.07, 6.45) is 2.05. The Kier molecular flexibility index (Phi) is 2.18. The SMILES string of the molecule is O=C(O)C1C=Nc2ccc3ccccc3c2C1. The largest absolute Gasteiger partial charge is 0.481 e. The maximum atomic E-state index is 11.0. The molecule has 0 bridgehead atoms. The van der Waals surface area contributed by atoms with Crippen LogP contribution in [0.15, 0.2) is 41.4 Å². The number of fused-ring (bicyclic) bond motifs is 3. The van der Waals surface area contributed by atoms with E-state index in [1.807, 2.05) is 36.4 Å². The van der Waals surface area contributed by atoms with E-state index in [0.717, 1.165) is 22.0 Å². The van der Waals surface area contributed by atoms with Gasteiger partial charge in [0.25, 0.3) is 0 Å². The van der Waals surface area contributed by atoms with Crippen LogP contribution in [0.25, 0.3) is 10.8 Å². The van der Waals surface area contributed by atoms with Gasteiger partial charge in [0.15, 0.2) is 0 Å². The molecule has 1 aliphatic rings. The average molecular weight is 225 g/mol. The molecule has 1 atom stereocenters. The van der Waals surface area contributed by atoms with Crippen LogP contribution in [-0.4, -0.2) is 17.3 Å². The van der Waals surface area contributed by atoms with Crippen LogP contribution in [0.4, 0.5) is 5.69 Å². The number of carboxylic acid groups (broad SMARTS) is 1. The van der Waals surface area contributed by atoms with Crippen LogP contribution in [0.2, 0.25) is 0 Å². The van der Waals surface area contributed by atoms with Crippen molar-refractivity contribution in [2.24, 2.45) is 10.9 Å². The molecule has 0 saturated carbocycles. The van der Waals surface area contributed by atoms with Crippen LogP contribution < -0.4 is 0 Å². The summed E-state index contributed by atoms with van der Waals surface area (Å²) in [5.74, 6) is -1.32. The Balaban J connectivity index is 2.21. The number of aliphatic imine (C=N–C) groups is 1. The lowest BCUT2D eigenvalue weighted by atomic mass is 9.92. The Bertz CT molecular complexity index is 631. The van der Waals surface area contributed by atoms with Gasteiger partial charge in [-0.05, 0) is 28.8 Å². The monoisotopic (exact) mass is 225 g/mol. The second-order valence-electron chi connectivity index (χ2n) is 4.21. The molecule has 0 aliphatic carbocycles. The number of carboxylic acids is 1. The van der Waals surface area contributed by atoms with Crippen molar-refractivity contribution in [2.75, 3.05) is 0 Å². The molecule has 0 radical (unpaired) electrons. The van der Waals surface area contributed by atoms with Crippen LogP contribution in [-0.2, 0) is 11.2 Å². The lowest BCUT2D eigenvalue weighted by Gasteiger charge is -2.17. The maximum Gasteiger partial charge on any atom is 0.312 e. The Morgan fingerprint density at radius 3 is 2.88 bits per heavy atom. The van der Waals surface area contributed by atoms with Crippen LogP contribution in [0.3, 0.4) is 0 Å². The summed E-state index contributed by atoms with van der Waals surface area (Å²) in [6.45, 7) is 0. The van der Waals surface area contributed by atoms with Gasteiger partial charge in [0, 0.05) is 6.21 Å². The van der Waals surface area contributed by atoms with E-state index in [4.69, 9.17) is 5.11 Å². The molecule has 0 saturated heterocycles. The van der Waals surface area contributed by atoms with Crippen LogP contribution in [0.1, 0.15) is 5.56 Å². The van der Waals surface area contributed by atoms with Gasteiger partial charge < -0.3 is 5.11 Å². The van der Waals surface area contributed by atoms with E-state index in [0.29, 0.717) is 6.42 Å². The molecule has 1 unspecified atom stereocenters. The highest BCUT2D eigenvalue weighted by molar-refractivity contribution is 5.96. The lowest BCUT2D eigenvalue weighted by molar-refractivity contribution is -0.139. The molecule has 2 aromatic carbocycles. The van der Waals surface area contributed by atoms with Crippen molar-refractivity contribution in [3.05, 3.63) is 42.0 Å². The minimum absolute atomic E-state index is 0.506. The number of hydrogen-bond donors (Lipinski definition) is 1. The highest BCUT2D eigenvalue weighted by Crippen LogP contribution is 2.32. The molecule has 2 aromatic rings. The molecule has 3 heteroatoms. The second-order valence-corrected chi connectivity index (χ2v) is 4.21. The van der Waals surface area contributed by atoms with Crippen LogP contribution in [0, 0.1) is 5.92 Å². The Morgan fingerprint density at radius 1 is 1.24 bits per heavy atom. The molecular weight excluding hydrogens is 214 g/mol. The summed E-state index contributed by atoms with van der Waals surface area (Å²) in [6, 6.07) is 12.0. The number of benzene rings is 2. The summed E-state index contributed by atoms with van der Waals surface area (Å²) in [4.78, 5) is 15.2. The van der Waals surface area contributed by atoms with E-state index in [9.17, 15) is 4.79 Å². The second kappa shape index (κ2) is 3.70. The summed E-state index contributed by atoms with van der Waals surface area (Å²) < 4.78 is 0. The Morgan fingerprint density at radius 2 is 2.06 bits per heavy atom. The zero-order chi connectivity index (χ0) is 11.8. The summed E-state index contributed by atoms with van der Waals surface area (Å²) in [7, 11) is 0. The van der Waals surface area contributed by atoms with Gasteiger partial charge in [0.05, 0.1) is 11.6 Å².